The molecular weight excluding hydrogens is 266 g/mol. The van der Waals surface area contributed by atoms with Crippen LogP contribution < -0.4 is 4.74 Å². The molecule has 1 aromatic rings. The number of hydrogen-bond donors (Lipinski definition) is 1. The van der Waals surface area contributed by atoms with Gasteiger partial charge in [-0.05, 0) is 67.2 Å². The summed E-state index contributed by atoms with van der Waals surface area (Å²) in [4.78, 5) is 12.5. The summed E-state index contributed by atoms with van der Waals surface area (Å²) in [6.45, 7) is 3.49. The maximum atomic E-state index is 11.0. The topological polar surface area (TPSA) is 49.8 Å². The van der Waals surface area contributed by atoms with Gasteiger partial charge in [-0.3, -0.25) is 0 Å². The van der Waals surface area contributed by atoms with E-state index in [1.165, 1.54) is 24.0 Å². The van der Waals surface area contributed by atoms with E-state index < -0.39 is 6.09 Å². The van der Waals surface area contributed by atoms with Gasteiger partial charge in [0.05, 0.1) is 7.11 Å². The molecule has 4 nitrogen and oxygen atoms in total. The van der Waals surface area contributed by atoms with Crippen molar-refractivity contribution in [2.45, 2.75) is 38.5 Å². The molecule has 1 aliphatic carbocycles. The fourth-order valence-corrected chi connectivity index (χ4v) is 3.93. The van der Waals surface area contributed by atoms with Gasteiger partial charge in [0.1, 0.15) is 5.75 Å². The first-order valence-corrected chi connectivity index (χ1v) is 7.65. The van der Waals surface area contributed by atoms with Crippen LogP contribution in [0.25, 0.3) is 0 Å². The van der Waals surface area contributed by atoms with Gasteiger partial charge in [-0.15, -0.1) is 0 Å². The second-order valence-electron chi connectivity index (χ2n) is 6.66. The van der Waals surface area contributed by atoms with Crippen LogP contribution in [-0.2, 0) is 0 Å². The normalized spacial score (nSPS) is 21.1. The van der Waals surface area contributed by atoms with Crippen molar-refractivity contribution in [3.63, 3.8) is 0 Å². The van der Waals surface area contributed by atoms with Crippen molar-refractivity contribution in [2.75, 3.05) is 20.2 Å². The van der Waals surface area contributed by atoms with E-state index in [1.807, 2.05) is 0 Å². The van der Waals surface area contributed by atoms with Crippen LogP contribution >= 0.6 is 0 Å². The first-order valence-electron chi connectivity index (χ1n) is 7.65. The van der Waals surface area contributed by atoms with Crippen LogP contribution in [0.3, 0.4) is 0 Å². The van der Waals surface area contributed by atoms with E-state index in [0.717, 1.165) is 18.6 Å². The van der Waals surface area contributed by atoms with Gasteiger partial charge in [0.25, 0.3) is 0 Å². The zero-order valence-electron chi connectivity index (χ0n) is 12.8. The standard InChI is InChI=1S/C17H23NO3/c1-12-7-13(9-15(8-12)21-2)14-10-17(11-14)3-5-18(6-4-17)16(19)20/h7-9,14H,3-6,10-11H2,1-2H3,(H,19,20). The van der Waals surface area contributed by atoms with Gasteiger partial charge in [-0.25, -0.2) is 4.79 Å². The second-order valence-corrected chi connectivity index (χ2v) is 6.66. The number of amides is 1. The monoisotopic (exact) mass is 289 g/mol. The third-order valence-corrected chi connectivity index (χ3v) is 5.23. The molecule has 3 rings (SSSR count). The van der Waals surface area contributed by atoms with E-state index in [1.54, 1.807) is 12.0 Å². The summed E-state index contributed by atoms with van der Waals surface area (Å²) in [5.41, 5.74) is 3.00. The molecule has 1 aromatic carbocycles. The number of methoxy groups -OCH3 is 1. The molecule has 4 heteroatoms. The number of aryl methyl sites for hydroxylation is 1. The minimum Gasteiger partial charge on any atom is -0.497 e. The summed E-state index contributed by atoms with van der Waals surface area (Å²) >= 11 is 0. The van der Waals surface area contributed by atoms with Crippen molar-refractivity contribution in [1.29, 1.82) is 0 Å². The summed E-state index contributed by atoms with van der Waals surface area (Å²) in [6, 6.07) is 6.46. The van der Waals surface area contributed by atoms with Crippen LogP contribution in [0.15, 0.2) is 18.2 Å². The molecule has 0 radical (unpaired) electrons. The van der Waals surface area contributed by atoms with E-state index >= 15 is 0 Å². The highest BCUT2D eigenvalue weighted by Crippen LogP contribution is 2.56. The molecule has 2 aliphatic rings. The Labute approximate surface area is 125 Å². The predicted molar refractivity (Wildman–Crippen MR) is 81.0 cm³/mol. The van der Waals surface area contributed by atoms with Gasteiger partial charge in [-0.2, -0.15) is 0 Å². The number of carboxylic acid groups (broad SMARTS) is 1. The maximum absolute atomic E-state index is 11.0. The van der Waals surface area contributed by atoms with Crippen molar-refractivity contribution in [1.82, 2.24) is 4.90 Å². The molecule has 1 aliphatic heterocycles. The summed E-state index contributed by atoms with van der Waals surface area (Å²) in [5, 5.41) is 9.03. The number of nitrogens with zero attached hydrogens (tertiary/aromatic N) is 1. The molecule has 0 bridgehead atoms. The molecule has 1 spiro atoms. The number of likely N-dealkylation sites (tertiary alicyclic amines) is 1. The minimum absolute atomic E-state index is 0.383. The van der Waals surface area contributed by atoms with Crippen molar-refractivity contribution < 1.29 is 14.6 Å². The number of piperidine rings is 1. The first-order chi connectivity index (χ1) is 10.0. The molecule has 0 unspecified atom stereocenters. The van der Waals surface area contributed by atoms with Crippen LogP contribution in [0.5, 0.6) is 5.75 Å². The lowest BCUT2D eigenvalue weighted by Crippen LogP contribution is -2.47. The van der Waals surface area contributed by atoms with E-state index in [9.17, 15) is 4.79 Å². The van der Waals surface area contributed by atoms with Gasteiger partial charge >= 0.3 is 6.09 Å². The molecule has 1 heterocycles. The van der Waals surface area contributed by atoms with E-state index in [2.05, 4.69) is 25.1 Å². The molecule has 21 heavy (non-hydrogen) atoms. The predicted octanol–water partition coefficient (Wildman–Crippen LogP) is 3.64. The number of rotatable bonds is 2. The number of benzene rings is 1. The lowest BCUT2D eigenvalue weighted by molar-refractivity contribution is 0.0188. The van der Waals surface area contributed by atoms with Crippen LogP contribution in [-0.4, -0.2) is 36.3 Å². The van der Waals surface area contributed by atoms with Crippen molar-refractivity contribution in [2.24, 2.45) is 5.41 Å². The Bertz CT molecular complexity index is 539. The Balaban J connectivity index is 1.63. The average Bonchev–Trinajstić information content (AvgIpc) is 2.44. The number of carbonyl (C=O) groups is 1. The maximum Gasteiger partial charge on any atom is 0.407 e. The summed E-state index contributed by atoms with van der Waals surface area (Å²) < 4.78 is 5.36. The lowest BCUT2D eigenvalue weighted by Gasteiger charge is -2.52. The van der Waals surface area contributed by atoms with E-state index in [-0.39, 0.29) is 0 Å². The minimum atomic E-state index is -0.774. The molecule has 0 atom stereocenters. The average molecular weight is 289 g/mol. The molecule has 0 aromatic heterocycles. The number of ether oxygens (including phenoxy) is 1. The Morgan fingerprint density at radius 1 is 1.29 bits per heavy atom. The van der Waals surface area contributed by atoms with Gasteiger partial charge in [0, 0.05) is 13.1 Å². The van der Waals surface area contributed by atoms with Crippen molar-refractivity contribution >= 4 is 6.09 Å². The Morgan fingerprint density at radius 3 is 2.52 bits per heavy atom. The number of hydrogen-bond acceptors (Lipinski definition) is 2. The van der Waals surface area contributed by atoms with Gasteiger partial charge in [0.15, 0.2) is 0 Å². The van der Waals surface area contributed by atoms with Gasteiger partial charge in [0.2, 0.25) is 0 Å². The molecule has 1 saturated carbocycles. The van der Waals surface area contributed by atoms with Crippen LogP contribution in [0.4, 0.5) is 4.79 Å². The molecular formula is C17H23NO3. The van der Waals surface area contributed by atoms with Crippen molar-refractivity contribution in [3.05, 3.63) is 29.3 Å². The first kappa shape index (κ1) is 14.2. The molecule has 2 fully saturated rings. The van der Waals surface area contributed by atoms with Crippen molar-refractivity contribution in [3.8, 4) is 5.75 Å². The van der Waals surface area contributed by atoms with Gasteiger partial charge in [-0.1, -0.05) is 6.07 Å². The van der Waals surface area contributed by atoms with E-state index in [0.29, 0.717) is 24.4 Å². The molecule has 114 valence electrons. The summed E-state index contributed by atoms with van der Waals surface area (Å²) in [7, 11) is 1.71. The Hall–Kier alpha value is -1.71. The third-order valence-electron chi connectivity index (χ3n) is 5.23. The largest absolute Gasteiger partial charge is 0.497 e. The highest BCUT2D eigenvalue weighted by molar-refractivity contribution is 5.65. The smallest absolute Gasteiger partial charge is 0.407 e. The van der Waals surface area contributed by atoms with Gasteiger partial charge < -0.3 is 14.7 Å². The Kier molecular flexibility index (Phi) is 3.56. The zero-order chi connectivity index (χ0) is 15.0. The third kappa shape index (κ3) is 2.71. The Morgan fingerprint density at radius 2 is 1.95 bits per heavy atom. The van der Waals surface area contributed by atoms with E-state index in [4.69, 9.17) is 9.84 Å². The lowest BCUT2D eigenvalue weighted by atomic mass is 9.56. The zero-order valence-corrected chi connectivity index (χ0v) is 12.8. The summed E-state index contributed by atoms with van der Waals surface area (Å²) in [6.07, 6.45) is 3.63. The molecule has 1 amide bonds. The fraction of sp³-hybridized carbons (Fsp3) is 0.588. The van der Waals surface area contributed by atoms with Crippen LogP contribution in [0, 0.1) is 12.3 Å². The van der Waals surface area contributed by atoms with Crippen LogP contribution in [0.2, 0.25) is 0 Å². The SMILES string of the molecule is COc1cc(C)cc(C2CC3(CCN(C(=O)O)CC3)C2)c1. The molecule has 1 N–H and O–H groups in total. The van der Waals surface area contributed by atoms with Crippen LogP contribution in [0.1, 0.15) is 42.7 Å². The fourth-order valence-electron chi connectivity index (χ4n) is 3.93. The second kappa shape index (κ2) is 5.24. The highest BCUT2D eigenvalue weighted by atomic mass is 16.5. The molecule has 1 saturated heterocycles. The quantitative estimate of drug-likeness (QED) is 0.904. The summed E-state index contributed by atoms with van der Waals surface area (Å²) in [5.74, 6) is 1.54. The highest BCUT2D eigenvalue weighted by Gasteiger charge is 2.46.